The molecular weight excluding hydrogens is 341 g/mol. The number of amides is 1. The van der Waals surface area contributed by atoms with Crippen molar-refractivity contribution in [3.63, 3.8) is 0 Å². The van der Waals surface area contributed by atoms with Crippen molar-refractivity contribution < 1.29 is 9.18 Å². The van der Waals surface area contributed by atoms with Gasteiger partial charge in [0, 0.05) is 23.7 Å². The zero-order valence-corrected chi connectivity index (χ0v) is 15.5. The second-order valence-electron chi connectivity index (χ2n) is 7.10. The molecule has 2 aromatic rings. The standard InChI is InChI=1S/C22H20FN3O/c1-4-5-13-6-8-17-15(10-13)16-11-14(7-9-18(16)22(17,2)23)19-12-20(27)26(3)21(24)25-19/h6-11,19H,12H2,1-3H3,(H2,24,25). The third-order valence-electron chi connectivity index (χ3n) is 5.39. The van der Waals surface area contributed by atoms with Gasteiger partial charge >= 0.3 is 0 Å². The lowest BCUT2D eigenvalue weighted by molar-refractivity contribution is -0.127. The van der Waals surface area contributed by atoms with Gasteiger partial charge in [0.1, 0.15) is 0 Å². The monoisotopic (exact) mass is 361 g/mol. The van der Waals surface area contributed by atoms with Crippen molar-refractivity contribution in [2.24, 2.45) is 10.7 Å². The number of nitrogens with two attached hydrogens (primary N) is 1. The molecule has 2 N–H and O–H groups in total. The van der Waals surface area contributed by atoms with E-state index in [1.54, 1.807) is 27.0 Å². The minimum atomic E-state index is -1.56. The first-order chi connectivity index (χ1) is 12.8. The smallest absolute Gasteiger partial charge is 0.231 e. The van der Waals surface area contributed by atoms with Crippen molar-refractivity contribution in [2.45, 2.75) is 32.0 Å². The highest BCUT2D eigenvalue weighted by Crippen LogP contribution is 2.50. The molecule has 5 heteroatoms. The molecule has 0 saturated carbocycles. The van der Waals surface area contributed by atoms with Crippen LogP contribution in [0.15, 0.2) is 41.4 Å². The summed E-state index contributed by atoms with van der Waals surface area (Å²) in [6, 6.07) is 10.8. The summed E-state index contributed by atoms with van der Waals surface area (Å²) in [6.45, 7) is 3.36. The molecule has 1 heterocycles. The summed E-state index contributed by atoms with van der Waals surface area (Å²) in [6.07, 6.45) is 0.247. The lowest BCUT2D eigenvalue weighted by Gasteiger charge is -2.26. The van der Waals surface area contributed by atoms with E-state index in [1.165, 1.54) is 4.90 Å². The van der Waals surface area contributed by atoms with E-state index >= 15 is 4.39 Å². The maximum Gasteiger partial charge on any atom is 0.231 e. The van der Waals surface area contributed by atoms with Crippen LogP contribution in [0.3, 0.4) is 0 Å². The number of benzene rings is 2. The number of fused-ring (bicyclic) bond motifs is 3. The SMILES string of the molecule is CC#Cc1ccc2c(c1)-c1cc(C3CC(=O)N(C)C(N)=N3)ccc1C2(C)F. The predicted octanol–water partition coefficient (Wildman–Crippen LogP) is 3.49. The van der Waals surface area contributed by atoms with Crippen LogP contribution < -0.4 is 5.73 Å². The Bertz CT molecular complexity index is 1060. The van der Waals surface area contributed by atoms with Gasteiger partial charge < -0.3 is 5.73 Å². The van der Waals surface area contributed by atoms with E-state index in [2.05, 4.69) is 16.8 Å². The summed E-state index contributed by atoms with van der Waals surface area (Å²) < 4.78 is 15.5. The van der Waals surface area contributed by atoms with Gasteiger partial charge in [0.15, 0.2) is 11.6 Å². The molecule has 0 radical (unpaired) electrons. The molecule has 0 spiro atoms. The minimum absolute atomic E-state index is 0.0794. The molecule has 2 unspecified atom stereocenters. The molecule has 0 saturated heterocycles. The summed E-state index contributed by atoms with van der Waals surface area (Å²) in [4.78, 5) is 17.9. The molecule has 136 valence electrons. The Kier molecular flexibility index (Phi) is 3.81. The maximum atomic E-state index is 15.5. The number of hydrogen-bond acceptors (Lipinski definition) is 3. The fraction of sp³-hybridized carbons (Fsp3) is 0.273. The summed E-state index contributed by atoms with van der Waals surface area (Å²) in [5.41, 5.74) is 8.93. The van der Waals surface area contributed by atoms with Crippen LogP contribution in [-0.2, 0) is 10.5 Å². The van der Waals surface area contributed by atoms with E-state index in [-0.39, 0.29) is 24.3 Å². The molecule has 4 rings (SSSR count). The van der Waals surface area contributed by atoms with Gasteiger partial charge in [-0.15, -0.1) is 5.92 Å². The molecule has 0 bridgehead atoms. The number of guanidine groups is 1. The number of aliphatic imine (C=N–C) groups is 1. The average molecular weight is 361 g/mol. The van der Waals surface area contributed by atoms with Gasteiger partial charge in [-0.3, -0.25) is 9.69 Å². The van der Waals surface area contributed by atoms with Gasteiger partial charge in [0.25, 0.3) is 0 Å². The van der Waals surface area contributed by atoms with E-state index in [0.717, 1.165) is 22.3 Å². The Morgan fingerprint density at radius 2 is 1.89 bits per heavy atom. The number of halogens is 1. The highest BCUT2D eigenvalue weighted by molar-refractivity contribution is 5.98. The molecule has 1 aliphatic heterocycles. The fourth-order valence-corrected chi connectivity index (χ4v) is 3.86. The van der Waals surface area contributed by atoms with Crippen LogP contribution in [0.2, 0.25) is 0 Å². The van der Waals surface area contributed by atoms with Gasteiger partial charge in [-0.05, 0) is 48.7 Å². The van der Waals surface area contributed by atoms with E-state index in [9.17, 15) is 4.79 Å². The molecule has 2 atom stereocenters. The molecule has 1 amide bonds. The summed E-state index contributed by atoms with van der Waals surface area (Å²) in [5.74, 6) is 6.03. The molecule has 2 aromatic carbocycles. The van der Waals surface area contributed by atoms with Gasteiger partial charge in [0.05, 0.1) is 12.5 Å². The van der Waals surface area contributed by atoms with Crippen LogP contribution in [-0.4, -0.2) is 23.8 Å². The second-order valence-corrected chi connectivity index (χ2v) is 7.10. The first-order valence-corrected chi connectivity index (χ1v) is 8.83. The number of carbonyl (C=O) groups is 1. The average Bonchev–Trinajstić information content (AvgIpc) is 2.86. The molecule has 4 nitrogen and oxygen atoms in total. The number of rotatable bonds is 1. The molecule has 2 aliphatic rings. The van der Waals surface area contributed by atoms with E-state index in [0.29, 0.717) is 11.1 Å². The highest BCUT2D eigenvalue weighted by atomic mass is 19.1. The zero-order chi connectivity index (χ0) is 19.3. The minimum Gasteiger partial charge on any atom is -0.369 e. The Labute approximate surface area is 157 Å². The second kappa shape index (κ2) is 5.95. The van der Waals surface area contributed by atoms with E-state index < -0.39 is 5.67 Å². The Morgan fingerprint density at radius 3 is 2.56 bits per heavy atom. The van der Waals surface area contributed by atoms with Gasteiger partial charge in [-0.1, -0.05) is 24.1 Å². The van der Waals surface area contributed by atoms with E-state index in [4.69, 9.17) is 5.73 Å². The third-order valence-corrected chi connectivity index (χ3v) is 5.39. The molecule has 0 aromatic heterocycles. The largest absolute Gasteiger partial charge is 0.369 e. The topological polar surface area (TPSA) is 58.7 Å². The third kappa shape index (κ3) is 2.60. The molecule has 1 aliphatic carbocycles. The number of hydrogen-bond donors (Lipinski definition) is 1. The maximum absolute atomic E-state index is 15.5. The van der Waals surface area contributed by atoms with Crippen molar-refractivity contribution in [2.75, 3.05) is 7.05 Å². The Morgan fingerprint density at radius 1 is 1.22 bits per heavy atom. The Balaban J connectivity index is 1.85. The normalized spacial score (nSPS) is 23.3. The van der Waals surface area contributed by atoms with Crippen LogP contribution in [0.4, 0.5) is 4.39 Å². The van der Waals surface area contributed by atoms with E-state index in [1.807, 2.05) is 30.3 Å². The lowest BCUT2D eigenvalue weighted by Crippen LogP contribution is -2.42. The van der Waals surface area contributed by atoms with Crippen molar-refractivity contribution in [3.05, 3.63) is 58.7 Å². The van der Waals surface area contributed by atoms with Crippen molar-refractivity contribution in [1.82, 2.24) is 4.90 Å². The van der Waals surface area contributed by atoms with Crippen LogP contribution in [0, 0.1) is 11.8 Å². The van der Waals surface area contributed by atoms with Crippen molar-refractivity contribution in [1.29, 1.82) is 0 Å². The Hall–Kier alpha value is -3.13. The van der Waals surface area contributed by atoms with Gasteiger partial charge in [0.2, 0.25) is 5.91 Å². The first-order valence-electron chi connectivity index (χ1n) is 8.83. The molecule has 27 heavy (non-hydrogen) atoms. The molecular formula is C22H20FN3O. The van der Waals surface area contributed by atoms with Gasteiger partial charge in [-0.25, -0.2) is 9.38 Å². The molecule has 0 fully saturated rings. The van der Waals surface area contributed by atoms with Crippen LogP contribution in [0.1, 0.15) is 48.6 Å². The summed E-state index contributed by atoms with van der Waals surface area (Å²) in [5, 5.41) is 0. The van der Waals surface area contributed by atoms with Crippen LogP contribution in [0.25, 0.3) is 11.1 Å². The van der Waals surface area contributed by atoms with Gasteiger partial charge in [-0.2, -0.15) is 0 Å². The number of carbonyl (C=O) groups excluding carboxylic acids is 1. The van der Waals surface area contributed by atoms with Crippen LogP contribution in [0.5, 0.6) is 0 Å². The number of nitrogens with zero attached hydrogens (tertiary/aromatic N) is 2. The highest BCUT2D eigenvalue weighted by Gasteiger charge is 2.40. The predicted molar refractivity (Wildman–Crippen MR) is 104 cm³/mol. The fourth-order valence-electron chi connectivity index (χ4n) is 3.86. The summed E-state index contributed by atoms with van der Waals surface area (Å²) in [7, 11) is 1.61. The quantitative estimate of drug-likeness (QED) is 0.791. The van der Waals surface area contributed by atoms with Crippen LogP contribution >= 0.6 is 0 Å². The van der Waals surface area contributed by atoms with Crippen molar-refractivity contribution >= 4 is 11.9 Å². The lowest BCUT2D eigenvalue weighted by atomic mass is 9.93. The number of alkyl halides is 1. The zero-order valence-electron chi connectivity index (χ0n) is 15.5. The summed E-state index contributed by atoms with van der Waals surface area (Å²) >= 11 is 0. The van der Waals surface area contributed by atoms with Crippen molar-refractivity contribution in [3.8, 4) is 23.0 Å². The first kappa shape index (κ1) is 17.3.